The van der Waals surface area contributed by atoms with Crippen molar-refractivity contribution in [1.82, 2.24) is 4.98 Å². The van der Waals surface area contributed by atoms with Gasteiger partial charge in [0.15, 0.2) is 0 Å². The number of rotatable bonds is 5. The number of amides is 3. The van der Waals surface area contributed by atoms with E-state index >= 15 is 0 Å². The largest absolute Gasteiger partial charge is 0.323 e. The molecule has 0 unspecified atom stereocenters. The number of hydrogen-bond acceptors (Lipinski definition) is 3. The minimum atomic E-state index is -0.338. The van der Waals surface area contributed by atoms with E-state index in [1.807, 2.05) is 48.5 Å². The van der Waals surface area contributed by atoms with Crippen molar-refractivity contribution < 1.29 is 9.59 Å². The lowest BCUT2D eigenvalue weighted by molar-refractivity contribution is -0.111. The van der Waals surface area contributed by atoms with Crippen molar-refractivity contribution in [2.75, 3.05) is 16.0 Å². The second kappa shape index (κ2) is 9.37. The average Bonchev–Trinajstić information content (AvgIpc) is 2.79. The van der Waals surface area contributed by atoms with Gasteiger partial charge in [0.1, 0.15) is 0 Å². The number of aromatic nitrogens is 1. The molecule has 4 rings (SSSR count). The van der Waals surface area contributed by atoms with Crippen LogP contribution in [0.25, 0.3) is 17.0 Å². The van der Waals surface area contributed by atoms with Crippen molar-refractivity contribution in [2.45, 2.75) is 0 Å². The summed E-state index contributed by atoms with van der Waals surface area (Å²) in [6, 6.07) is 25.4. The molecule has 3 N–H and O–H groups in total. The molecule has 0 aliphatic rings. The summed E-state index contributed by atoms with van der Waals surface area (Å²) in [5, 5.41) is 9.32. The summed E-state index contributed by atoms with van der Waals surface area (Å²) in [6.07, 6.45) is 4.95. The number of carbonyl (C=O) groups excluding carboxylic acids is 2. The molecule has 0 saturated heterocycles. The standard InChI is InChI=1S/C25H20N4O2/c30-23(16-11-19-7-4-6-18-8-5-17-26-24(18)19)27-21-12-14-22(15-13-21)29-25(31)28-20-9-2-1-3-10-20/h1-17H,(H,27,30)(H2,28,29,31)/b16-11+. The third-order valence-corrected chi connectivity index (χ3v) is 4.52. The van der Waals surface area contributed by atoms with E-state index in [9.17, 15) is 9.59 Å². The molecule has 0 spiro atoms. The highest BCUT2D eigenvalue weighted by atomic mass is 16.2. The smallest absolute Gasteiger partial charge is 0.323 e. The molecule has 4 aromatic rings. The Bertz CT molecular complexity index is 1230. The maximum absolute atomic E-state index is 12.3. The van der Waals surface area contributed by atoms with Crippen LogP contribution >= 0.6 is 0 Å². The quantitative estimate of drug-likeness (QED) is 0.380. The van der Waals surface area contributed by atoms with Crippen LogP contribution in [-0.4, -0.2) is 16.9 Å². The van der Waals surface area contributed by atoms with Gasteiger partial charge in [0.2, 0.25) is 5.91 Å². The van der Waals surface area contributed by atoms with Crippen molar-refractivity contribution in [3.63, 3.8) is 0 Å². The summed E-state index contributed by atoms with van der Waals surface area (Å²) in [7, 11) is 0. The third kappa shape index (κ3) is 5.33. The van der Waals surface area contributed by atoms with Gasteiger partial charge in [-0.05, 0) is 48.5 Å². The van der Waals surface area contributed by atoms with E-state index < -0.39 is 0 Å². The Morgan fingerprint density at radius 2 is 1.32 bits per heavy atom. The fraction of sp³-hybridized carbons (Fsp3) is 0. The molecule has 0 aliphatic heterocycles. The van der Waals surface area contributed by atoms with E-state index in [-0.39, 0.29) is 11.9 Å². The molecular weight excluding hydrogens is 388 g/mol. The monoisotopic (exact) mass is 408 g/mol. The maximum Gasteiger partial charge on any atom is 0.323 e. The van der Waals surface area contributed by atoms with Crippen LogP contribution < -0.4 is 16.0 Å². The maximum atomic E-state index is 12.3. The number of hydrogen-bond donors (Lipinski definition) is 3. The fourth-order valence-corrected chi connectivity index (χ4v) is 3.06. The number of para-hydroxylation sites is 2. The third-order valence-electron chi connectivity index (χ3n) is 4.52. The number of urea groups is 1. The van der Waals surface area contributed by atoms with Crippen LogP contribution in [0.3, 0.4) is 0 Å². The minimum Gasteiger partial charge on any atom is -0.323 e. The zero-order valence-electron chi connectivity index (χ0n) is 16.6. The number of benzene rings is 3. The molecule has 1 aromatic heterocycles. The Kier molecular flexibility index (Phi) is 6.00. The van der Waals surface area contributed by atoms with E-state index in [2.05, 4.69) is 20.9 Å². The average molecular weight is 408 g/mol. The lowest BCUT2D eigenvalue weighted by atomic mass is 10.1. The first-order valence-corrected chi connectivity index (χ1v) is 9.73. The second-order valence-corrected chi connectivity index (χ2v) is 6.77. The van der Waals surface area contributed by atoms with Crippen molar-refractivity contribution in [3.8, 4) is 0 Å². The summed E-state index contributed by atoms with van der Waals surface area (Å²) >= 11 is 0. The van der Waals surface area contributed by atoms with Crippen molar-refractivity contribution in [3.05, 3.63) is 103 Å². The van der Waals surface area contributed by atoms with Crippen LogP contribution in [0.2, 0.25) is 0 Å². The lowest BCUT2D eigenvalue weighted by Crippen LogP contribution is -2.19. The van der Waals surface area contributed by atoms with Gasteiger partial charge in [0.05, 0.1) is 5.52 Å². The van der Waals surface area contributed by atoms with Crippen molar-refractivity contribution >= 4 is 46.0 Å². The highest BCUT2D eigenvalue weighted by molar-refractivity contribution is 6.03. The van der Waals surface area contributed by atoms with Gasteiger partial charge in [-0.1, -0.05) is 42.5 Å². The topological polar surface area (TPSA) is 83.1 Å². The van der Waals surface area contributed by atoms with Gasteiger partial charge in [-0.25, -0.2) is 4.79 Å². The molecule has 3 aromatic carbocycles. The summed E-state index contributed by atoms with van der Waals surface area (Å²) in [5.74, 6) is -0.254. The molecule has 0 aliphatic carbocycles. The number of anilines is 3. The number of nitrogens with zero attached hydrogens (tertiary/aromatic N) is 1. The molecule has 152 valence electrons. The molecule has 6 nitrogen and oxygen atoms in total. The second-order valence-electron chi connectivity index (χ2n) is 6.77. The van der Waals surface area contributed by atoms with Gasteiger partial charge in [0, 0.05) is 40.3 Å². The molecule has 0 radical (unpaired) electrons. The van der Waals surface area contributed by atoms with Crippen LogP contribution in [0, 0.1) is 0 Å². The minimum absolute atomic E-state index is 0.254. The van der Waals surface area contributed by atoms with Crippen LogP contribution in [0.5, 0.6) is 0 Å². The zero-order valence-corrected chi connectivity index (χ0v) is 16.6. The van der Waals surface area contributed by atoms with Crippen LogP contribution in [0.4, 0.5) is 21.9 Å². The molecule has 0 atom stereocenters. The first-order chi connectivity index (χ1) is 15.2. The molecule has 3 amide bonds. The Balaban J connectivity index is 1.34. The number of carbonyl (C=O) groups is 2. The molecule has 31 heavy (non-hydrogen) atoms. The van der Waals surface area contributed by atoms with E-state index in [1.165, 1.54) is 6.08 Å². The van der Waals surface area contributed by atoms with Crippen molar-refractivity contribution in [1.29, 1.82) is 0 Å². The first-order valence-electron chi connectivity index (χ1n) is 9.73. The van der Waals surface area contributed by atoms with E-state index in [0.717, 1.165) is 16.5 Å². The molecule has 0 fully saturated rings. The highest BCUT2D eigenvalue weighted by Gasteiger charge is 2.04. The van der Waals surface area contributed by atoms with Gasteiger partial charge in [0.25, 0.3) is 0 Å². The summed E-state index contributed by atoms with van der Waals surface area (Å²) in [4.78, 5) is 28.7. The van der Waals surface area contributed by atoms with E-state index in [0.29, 0.717) is 17.1 Å². The predicted octanol–water partition coefficient (Wildman–Crippen LogP) is 5.53. The van der Waals surface area contributed by atoms with Gasteiger partial charge in [-0.2, -0.15) is 0 Å². The molecule has 6 heteroatoms. The number of nitrogens with one attached hydrogen (secondary N) is 3. The highest BCUT2D eigenvalue weighted by Crippen LogP contribution is 2.18. The van der Waals surface area contributed by atoms with Gasteiger partial charge >= 0.3 is 6.03 Å². The Morgan fingerprint density at radius 1 is 0.677 bits per heavy atom. The zero-order chi connectivity index (χ0) is 21.5. The normalized spacial score (nSPS) is 10.7. The summed E-state index contributed by atoms with van der Waals surface area (Å²) < 4.78 is 0. The molecule has 0 saturated carbocycles. The van der Waals surface area contributed by atoms with Gasteiger partial charge in [-0.15, -0.1) is 0 Å². The van der Waals surface area contributed by atoms with Crippen LogP contribution in [0.1, 0.15) is 5.56 Å². The first kappa shape index (κ1) is 19.8. The van der Waals surface area contributed by atoms with E-state index in [4.69, 9.17) is 0 Å². The van der Waals surface area contributed by atoms with E-state index in [1.54, 1.807) is 48.7 Å². The summed E-state index contributed by atoms with van der Waals surface area (Å²) in [5.41, 5.74) is 3.66. The number of pyridine rings is 1. The van der Waals surface area contributed by atoms with Crippen LogP contribution in [-0.2, 0) is 4.79 Å². The Labute approximate surface area is 179 Å². The molecule has 0 bridgehead atoms. The molecular formula is C25H20N4O2. The van der Waals surface area contributed by atoms with Crippen molar-refractivity contribution in [2.24, 2.45) is 0 Å². The lowest BCUT2D eigenvalue weighted by Gasteiger charge is -2.08. The van der Waals surface area contributed by atoms with Gasteiger partial charge in [-0.3, -0.25) is 9.78 Å². The SMILES string of the molecule is O=C(/C=C/c1cccc2cccnc12)Nc1ccc(NC(=O)Nc2ccccc2)cc1. The fourth-order valence-electron chi connectivity index (χ4n) is 3.06. The summed E-state index contributed by atoms with van der Waals surface area (Å²) in [6.45, 7) is 0. The Hall–Kier alpha value is -4.45. The van der Waals surface area contributed by atoms with Gasteiger partial charge < -0.3 is 16.0 Å². The Morgan fingerprint density at radius 3 is 2.06 bits per heavy atom. The van der Waals surface area contributed by atoms with Crippen LogP contribution in [0.15, 0.2) is 97.2 Å². The predicted molar refractivity (Wildman–Crippen MR) is 125 cm³/mol. The number of fused-ring (bicyclic) bond motifs is 1. The molecule has 1 heterocycles.